The normalized spacial score (nSPS) is 10.6. The summed E-state index contributed by atoms with van der Waals surface area (Å²) in [4.78, 5) is 11.7. The molecule has 0 spiro atoms. The molecule has 1 heterocycles. The molecule has 0 fully saturated rings. The van der Waals surface area contributed by atoms with E-state index in [2.05, 4.69) is 15.9 Å². The average Bonchev–Trinajstić information content (AvgIpc) is 2.61. The second kappa shape index (κ2) is 3.71. The molecule has 0 unspecified atom stereocenters. The second-order valence-electron chi connectivity index (χ2n) is 2.92. The van der Waals surface area contributed by atoms with Crippen LogP contribution in [0.4, 0.5) is 0 Å². The molecule has 72 valence electrons. The molecule has 0 amide bonds. The molecule has 2 nitrogen and oxygen atoms in total. The summed E-state index contributed by atoms with van der Waals surface area (Å²) in [5, 5.41) is 11.2. The third-order valence-electron chi connectivity index (χ3n) is 1.96. The zero-order chi connectivity index (χ0) is 10.1. The molecule has 0 radical (unpaired) electrons. The van der Waals surface area contributed by atoms with Crippen LogP contribution in [-0.4, -0.2) is 11.4 Å². The third kappa shape index (κ3) is 1.55. The minimum atomic E-state index is 0.174. The van der Waals surface area contributed by atoms with E-state index in [0.717, 1.165) is 26.6 Å². The first-order valence-corrected chi connectivity index (χ1v) is 5.95. The Morgan fingerprint density at radius 1 is 1.43 bits per heavy atom. The first-order chi connectivity index (χ1) is 6.74. The van der Waals surface area contributed by atoms with E-state index < -0.39 is 0 Å². The third-order valence-corrected chi connectivity index (χ3v) is 4.01. The molecule has 2 rings (SSSR count). The van der Waals surface area contributed by atoms with Crippen molar-refractivity contribution >= 4 is 43.6 Å². The molecule has 14 heavy (non-hydrogen) atoms. The Kier molecular flexibility index (Phi) is 2.56. The van der Waals surface area contributed by atoms with E-state index in [1.165, 1.54) is 6.07 Å². The fraction of sp³-hybridized carbons (Fsp3) is 0.100. The van der Waals surface area contributed by atoms with Gasteiger partial charge in [0, 0.05) is 25.9 Å². The van der Waals surface area contributed by atoms with Gasteiger partial charge in [-0.25, -0.2) is 0 Å². The van der Waals surface area contributed by atoms with Gasteiger partial charge in [0.15, 0.2) is 0 Å². The summed E-state index contributed by atoms with van der Waals surface area (Å²) in [6, 6.07) is 5.21. The quantitative estimate of drug-likeness (QED) is 0.672. The summed E-state index contributed by atoms with van der Waals surface area (Å²) in [5.74, 6) is 0.174. The van der Waals surface area contributed by atoms with Gasteiger partial charge in [-0.2, -0.15) is 0 Å². The van der Waals surface area contributed by atoms with Crippen LogP contribution in [0.3, 0.4) is 0 Å². The highest BCUT2D eigenvalue weighted by molar-refractivity contribution is 9.08. The Labute approximate surface area is 93.3 Å². The number of aldehydes is 1. The number of thiophene rings is 1. The Hall–Kier alpha value is -0.870. The van der Waals surface area contributed by atoms with Crippen molar-refractivity contribution in [2.45, 2.75) is 5.33 Å². The predicted octanol–water partition coefficient (Wildman–Crippen LogP) is 3.31. The maximum absolute atomic E-state index is 10.6. The number of phenols is 1. The van der Waals surface area contributed by atoms with Crippen molar-refractivity contribution < 1.29 is 9.90 Å². The predicted molar refractivity (Wildman–Crippen MR) is 61.5 cm³/mol. The molecule has 1 aromatic carbocycles. The summed E-state index contributed by atoms with van der Waals surface area (Å²) in [6.45, 7) is 0. The van der Waals surface area contributed by atoms with Crippen molar-refractivity contribution in [3.05, 3.63) is 28.6 Å². The number of carbonyl (C=O) groups excluding carboxylic acids is 1. The number of halogens is 1. The van der Waals surface area contributed by atoms with Crippen molar-refractivity contribution in [1.82, 2.24) is 0 Å². The van der Waals surface area contributed by atoms with Crippen molar-refractivity contribution in [3.63, 3.8) is 0 Å². The average molecular weight is 271 g/mol. The standard InChI is InChI=1S/C10H7BrO2S/c11-4-7-3-8-9(13)1-6(5-12)2-10(8)14-7/h1-3,5,13H,4H2. The van der Waals surface area contributed by atoms with E-state index in [1.54, 1.807) is 17.4 Å². The first-order valence-electron chi connectivity index (χ1n) is 4.01. The van der Waals surface area contributed by atoms with E-state index in [0.29, 0.717) is 5.56 Å². The number of aromatic hydroxyl groups is 1. The minimum Gasteiger partial charge on any atom is -0.507 e. The van der Waals surface area contributed by atoms with Gasteiger partial charge in [0.05, 0.1) is 0 Å². The molecule has 0 aliphatic heterocycles. The lowest BCUT2D eigenvalue weighted by Gasteiger charge is -1.95. The van der Waals surface area contributed by atoms with Crippen LogP contribution >= 0.6 is 27.3 Å². The van der Waals surface area contributed by atoms with E-state index in [-0.39, 0.29) is 5.75 Å². The minimum absolute atomic E-state index is 0.174. The molecule has 0 bridgehead atoms. The summed E-state index contributed by atoms with van der Waals surface area (Å²) in [6.07, 6.45) is 0.743. The maximum atomic E-state index is 10.6. The van der Waals surface area contributed by atoms with Gasteiger partial charge < -0.3 is 5.11 Å². The van der Waals surface area contributed by atoms with Crippen LogP contribution < -0.4 is 0 Å². The van der Waals surface area contributed by atoms with Crippen LogP contribution in [-0.2, 0) is 5.33 Å². The monoisotopic (exact) mass is 270 g/mol. The lowest BCUT2D eigenvalue weighted by atomic mass is 10.1. The Morgan fingerprint density at radius 2 is 2.21 bits per heavy atom. The van der Waals surface area contributed by atoms with Gasteiger partial charge in [-0.3, -0.25) is 4.79 Å². The fourth-order valence-electron chi connectivity index (χ4n) is 1.33. The van der Waals surface area contributed by atoms with Crippen LogP contribution in [0, 0.1) is 0 Å². The maximum Gasteiger partial charge on any atom is 0.150 e. The van der Waals surface area contributed by atoms with Gasteiger partial charge in [-0.15, -0.1) is 11.3 Å². The molecule has 1 aromatic heterocycles. The smallest absolute Gasteiger partial charge is 0.150 e. The number of alkyl halides is 1. The van der Waals surface area contributed by atoms with Gasteiger partial charge in [0.1, 0.15) is 12.0 Å². The van der Waals surface area contributed by atoms with Crippen LogP contribution in [0.2, 0.25) is 0 Å². The molecule has 1 N–H and O–H groups in total. The highest BCUT2D eigenvalue weighted by Crippen LogP contribution is 2.33. The number of benzene rings is 1. The van der Waals surface area contributed by atoms with E-state index in [4.69, 9.17) is 0 Å². The van der Waals surface area contributed by atoms with Crippen LogP contribution in [0.25, 0.3) is 10.1 Å². The van der Waals surface area contributed by atoms with Crippen LogP contribution in [0.5, 0.6) is 5.75 Å². The largest absolute Gasteiger partial charge is 0.507 e. The first kappa shape index (κ1) is 9.68. The Bertz CT molecular complexity index is 490. The van der Waals surface area contributed by atoms with E-state index >= 15 is 0 Å². The number of phenolic OH excluding ortho intramolecular Hbond substituents is 1. The molecule has 2 aromatic rings. The molecule has 0 atom stereocenters. The van der Waals surface area contributed by atoms with Crippen LogP contribution in [0.15, 0.2) is 18.2 Å². The van der Waals surface area contributed by atoms with E-state index in [9.17, 15) is 9.90 Å². The topological polar surface area (TPSA) is 37.3 Å². The second-order valence-corrected chi connectivity index (χ2v) is 4.65. The van der Waals surface area contributed by atoms with Gasteiger partial charge in [0.25, 0.3) is 0 Å². The Morgan fingerprint density at radius 3 is 2.86 bits per heavy atom. The van der Waals surface area contributed by atoms with Crippen molar-refractivity contribution in [3.8, 4) is 5.75 Å². The number of carbonyl (C=O) groups is 1. The summed E-state index contributed by atoms with van der Waals surface area (Å²) in [5.41, 5.74) is 0.512. The zero-order valence-electron chi connectivity index (χ0n) is 7.16. The van der Waals surface area contributed by atoms with Crippen molar-refractivity contribution in [1.29, 1.82) is 0 Å². The molecular weight excluding hydrogens is 264 g/mol. The number of fused-ring (bicyclic) bond motifs is 1. The van der Waals surface area contributed by atoms with Gasteiger partial charge in [0.2, 0.25) is 0 Å². The summed E-state index contributed by atoms with van der Waals surface area (Å²) >= 11 is 4.93. The molecule has 0 aliphatic carbocycles. The highest BCUT2D eigenvalue weighted by Gasteiger charge is 2.06. The van der Waals surface area contributed by atoms with Crippen LogP contribution in [0.1, 0.15) is 15.2 Å². The fourth-order valence-corrected chi connectivity index (χ4v) is 2.82. The van der Waals surface area contributed by atoms with Gasteiger partial charge in [-0.1, -0.05) is 15.9 Å². The lowest BCUT2D eigenvalue weighted by Crippen LogP contribution is -1.77. The molecule has 0 saturated carbocycles. The zero-order valence-corrected chi connectivity index (χ0v) is 9.56. The SMILES string of the molecule is O=Cc1cc(O)c2cc(CBr)sc2c1. The number of rotatable bonds is 2. The summed E-state index contributed by atoms with van der Waals surface area (Å²) in [7, 11) is 0. The Balaban J connectivity index is 2.73. The summed E-state index contributed by atoms with van der Waals surface area (Å²) < 4.78 is 0.946. The number of hydrogen-bond acceptors (Lipinski definition) is 3. The highest BCUT2D eigenvalue weighted by atomic mass is 79.9. The molecule has 0 saturated heterocycles. The van der Waals surface area contributed by atoms with Gasteiger partial charge in [-0.05, 0) is 18.2 Å². The van der Waals surface area contributed by atoms with Crippen molar-refractivity contribution in [2.24, 2.45) is 0 Å². The molecule has 0 aliphatic rings. The molecule has 4 heteroatoms. The van der Waals surface area contributed by atoms with Crippen molar-refractivity contribution in [2.75, 3.05) is 0 Å². The number of hydrogen-bond donors (Lipinski definition) is 1. The van der Waals surface area contributed by atoms with Gasteiger partial charge >= 0.3 is 0 Å². The van der Waals surface area contributed by atoms with E-state index in [1.807, 2.05) is 6.07 Å². The molecular formula is C10H7BrO2S. The lowest BCUT2D eigenvalue weighted by molar-refractivity contribution is 0.112.